The van der Waals surface area contributed by atoms with Gasteiger partial charge in [-0.1, -0.05) is 47.6 Å². The molecule has 0 saturated heterocycles. The minimum Gasteiger partial charge on any atom is -0.413 e. The smallest absolute Gasteiger partial charge is 0.192 e. The second-order valence-corrected chi connectivity index (χ2v) is 19.3. The Morgan fingerprint density at radius 1 is 0.958 bits per heavy atom. The van der Waals surface area contributed by atoms with Crippen LogP contribution >= 0.6 is 0 Å². The molecule has 0 aliphatic carbocycles. The van der Waals surface area contributed by atoms with Crippen molar-refractivity contribution in [1.29, 1.82) is 0 Å². The van der Waals surface area contributed by atoms with Crippen molar-refractivity contribution < 1.29 is 8.85 Å². The van der Waals surface area contributed by atoms with E-state index in [0.29, 0.717) is 6.42 Å². The van der Waals surface area contributed by atoms with Crippen LogP contribution in [-0.2, 0) is 8.85 Å². The van der Waals surface area contributed by atoms with Crippen LogP contribution in [0.1, 0.15) is 54.4 Å². The fourth-order valence-corrected chi connectivity index (χ4v) is 4.57. The molecule has 0 amide bonds. The maximum atomic E-state index is 6.56. The van der Waals surface area contributed by atoms with Gasteiger partial charge in [-0.15, -0.1) is 18.9 Å². The molecule has 0 aliphatic heterocycles. The summed E-state index contributed by atoms with van der Waals surface area (Å²) in [4.78, 5) is 0. The zero-order valence-corrected chi connectivity index (χ0v) is 19.7. The molecular formula is C20H40O2Si2. The highest BCUT2D eigenvalue weighted by atomic mass is 28.4. The lowest BCUT2D eigenvalue weighted by Crippen LogP contribution is -2.47. The molecule has 4 heteroatoms. The molecule has 140 valence electrons. The standard InChI is InChI=1S/C20H40O2Si2/c1-13-15-18(22-24(11,12)20(6,7)8)16-17(14-2)21-23(9,10)19(3,4)5/h1,14,17-18H,2,15-16H2,3-12H3/t17-,18+/m1/s1. The van der Waals surface area contributed by atoms with Crippen molar-refractivity contribution in [2.45, 2.75) is 103 Å². The molecule has 0 unspecified atom stereocenters. The van der Waals surface area contributed by atoms with E-state index in [0.717, 1.165) is 6.42 Å². The molecule has 0 N–H and O–H groups in total. The van der Waals surface area contributed by atoms with Crippen LogP contribution in [0.3, 0.4) is 0 Å². The Labute approximate surface area is 153 Å². The molecule has 0 aliphatic rings. The number of rotatable bonds is 8. The van der Waals surface area contributed by atoms with Gasteiger partial charge in [0.1, 0.15) is 0 Å². The van der Waals surface area contributed by atoms with Gasteiger partial charge in [0.15, 0.2) is 16.6 Å². The third-order valence-corrected chi connectivity index (χ3v) is 14.7. The molecule has 0 radical (unpaired) electrons. The van der Waals surface area contributed by atoms with E-state index >= 15 is 0 Å². The van der Waals surface area contributed by atoms with E-state index in [1.54, 1.807) is 0 Å². The molecule has 24 heavy (non-hydrogen) atoms. The molecule has 0 fully saturated rings. The van der Waals surface area contributed by atoms with Gasteiger partial charge in [0.05, 0.1) is 12.2 Å². The summed E-state index contributed by atoms with van der Waals surface area (Å²) in [5.41, 5.74) is 0. The lowest BCUT2D eigenvalue weighted by Gasteiger charge is -2.41. The summed E-state index contributed by atoms with van der Waals surface area (Å²) >= 11 is 0. The summed E-state index contributed by atoms with van der Waals surface area (Å²) in [7, 11) is -3.70. The summed E-state index contributed by atoms with van der Waals surface area (Å²) in [5.74, 6) is 2.78. The summed E-state index contributed by atoms with van der Waals surface area (Å²) < 4.78 is 13.1. The lowest BCUT2D eigenvalue weighted by atomic mass is 10.1. The van der Waals surface area contributed by atoms with Gasteiger partial charge in [0.2, 0.25) is 0 Å². The SMILES string of the molecule is C#CC[C@@H](C[C@@H](C=C)O[Si](C)(C)C(C)(C)C)O[Si](C)(C)C(C)(C)C. The summed E-state index contributed by atoms with van der Waals surface area (Å²) in [5, 5.41) is 0.347. The van der Waals surface area contributed by atoms with Crippen LogP contribution in [-0.4, -0.2) is 28.8 Å². The Morgan fingerprint density at radius 3 is 1.71 bits per heavy atom. The Hall–Kier alpha value is -0.346. The van der Waals surface area contributed by atoms with Crippen LogP contribution in [0.25, 0.3) is 0 Å². The third kappa shape index (κ3) is 6.88. The summed E-state index contributed by atoms with van der Waals surface area (Å²) in [6, 6.07) is 0. The van der Waals surface area contributed by atoms with Crippen molar-refractivity contribution in [3.05, 3.63) is 12.7 Å². The highest BCUT2D eigenvalue weighted by Crippen LogP contribution is 2.40. The van der Waals surface area contributed by atoms with Gasteiger partial charge in [-0.05, 0) is 36.3 Å². The van der Waals surface area contributed by atoms with Gasteiger partial charge >= 0.3 is 0 Å². The van der Waals surface area contributed by atoms with Gasteiger partial charge in [-0.3, -0.25) is 0 Å². The van der Waals surface area contributed by atoms with Crippen LogP contribution in [0.4, 0.5) is 0 Å². The van der Waals surface area contributed by atoms with E-state index in [9.17, 15) is 0 Å². The second kappa shape index (κ2) is 8.36. The summed E-state index contributed by atoms with van der Waals surface area (Å²) in [6.45, 7) is 26.6. The Morgan fingerprint density at radius 2 is 1.38 bits per heavy atom. The fraction of sp³-hybridized carbons (Fsp3) is 0.800. The van der Waals surface area contributed by atoms with Crippen molar-refractivity contribution >= 4 is 16.6 Å². The highest BCUT2D eigenvalue weighted by Gasteiger charge is 2.41. The Bertz CT molecular complexity index is 448. The monoisotopic (exact) mass is 368 g/mol. The molecule has 0 heterocycles. The predicted octanol–water partition coefficient (Wildman–Crippen LogP) is 6.37. The van der Waals surface area contributed by atoms with Gasteiger partial charge < -0.3 is 8.85 Å². The minimum atomic E-state index is -1.85. The molecule has 0 aromatic rings. The van der Waals surface area contributed by atoms with E-state index in [2.05, 4.69) is 80.2 Å². The second-order valence-electron chi connectivity index (χ2n) is 9.80. The predicted molar refractivity (Wildman–Crippen MR) is 112 cm³/mol. The van der Waals surface area contributed by atoms with E-state index in [-0.39, 0.29) is 22.3 Å². The molecule has 0 aromatic carbocycles. The zero-order chi connectivity index (χ0) is 19.4. The van der Waals surface area contributed by atoms with Crippen LogP contribution in [0.2, 0.25) is 36.3 Å². The van der Waals surface area contributed by atoms with Crippen LogP contribution in [0.15, 0.2) is 12.7 Å². The van der Waals surface area contributed by atoms with Crippen molar-refractivity contribution in [2.75, 3.05) is 0 Å². The number of hydrogen-bond acceptors (Lipinski definition) is 2. The van der Waals surface area contributed by atoms with E-state index < -0.39 is 16.6 Å². The molecule has 0 saturated carbocycles. The topological polar surface area (TPSA) is 18.5 Å². The average Bonchev–Trinajstić information content (AvgIpc) is 2.34. The molecule has 0 bridgehead atoms. The first kappa shape index (κ1) is 23.7. The average molecular weight is 369 g/mol. The number of hydrogen-bond donors (Lipinski definition) is 0. The van der Waals surface area contributed by atoms with Crippen molar-refractivity contribution in [2.24, 2.45) is 0 Å². The molecule has 0 spiro atoms. The molecule has 2 atom stereocenters. The van der Waals surface area contributed by atoms with E-state index in [1.807, 2.05) is 6.08 Å². The first-order valence-corrected chi connectivity index (χ1v) is 14.8. The highest BCUT2D eigenvalue weighted by molar-refractivity contribution is 6.74. The zero-order valence-electron chi connectivity index (χ0n) is 17.7. The number of terminal acetylenes is 1. The summed E-state index contributed by atoms with van der Waals surface area (Å²) in [6.07, 6.45) is 8.95. The first-order valence-electron chi connectivity index (χ1n) is 8.99. The molecule has 0 rings (SSSR count). The fourth-order valence-electron chi connectivity index (χ4n) is 1.90. The Kier molecular flexibility index (Phi) is 8.24. The van der Waals surface area contributed by atoms with Gasteiger partial charge in [-0.2, -0.15) is 0 Å². The van der Waals surface area contributed by atoms with Gasteiger partial charge in [0.25, 0.3) is 0 Å². The van der Waals surface area contributed by atoms with Gasteiger partial charge in [-0.25, -0.2) is 0 Å². The molecule has 0 aromatic heterocycles. The lowest BCUT2D eigenvalue weighted by molar-refractivity contribution is 0.117. The molecule has 2 nitrogen and oxygen atoms in total. The minimum absolute atomic E-state index is 0.00555. The van der Waals surface area contributed by atoms with Crippen molar-refractivity contribution in [3.63, 3.8) is 0 Å². The normalized spacial score (nSPS) is 16.4. The van der Waals surface area contributed by atoms with Gasteiger partial charge in [0, 0.05) is 12.8 Å². The molecular weight excluding hydrogens is 328 g/mol. The maximum absolute atomic E-state index is 6.56. The van der Waals surface area contributed by atoms with Crippen molar-refractivity contribution in [1.82, 2.24) is 0 Å². The largest absolute Gasteiger partial charge is 0.413 e. The van der Waals surface area contributed by atoms with E-state index in [4.69, 9.17) is 15.3 Å². The van der Waals surface area contributed by atoms with Crippen LogP contribution in [0.5, 0.6) is 0 Å². The maximum Gasteiger partial charge on any atom is 0.192 e. The van der Waals surface area contributed by atoms with E-state index in [1.165, 1.54) is 0 Å². The van der Waals surface area contributed by atoms with Crippen LogP contribution < -0.4 is 0 Å². The van der Waals surface area contributed by atoms with Crippen LogP contribution in [0, 0.1) is 12.3 Å². The quantitative estimate of drug-likeness (QED) is 0.282. The Balaban J connectivity index is 5.16. The first-order chi connectivity index (χ1) is 10.6. The third-order valence-electron chi connectivity index (χ3n) is 5.62. The van der Waals surface area contributed by atoms with Crippen molar-refractivity contribution in [3.8, 4) is 12.3 Å².